The van der Waals surface area contributed by atoms with Gasteiger partial charge in [0.1, 0.15) is 12.4 Å². The van der Waals surface area contributed by atoms with Gasteiger partial charge in [-0.15, -0.1) is 0 Å². The van der Waals surface area contributed by atoms with Gasteiger partial charge in [0.25, 0.3) is 0 Å². The van der Waals surface area contributed by atoms with Gasteiger partial charge < -0.3 is 48.6 Å². The van der Waals surface area contributed by atoms with Gasteiger partial charge in [0, 0.05) is 71.6 Å². The van der Waals surface area contributed by atoms with Crippen LogP contribution in [0.5, 0.6) is 5.75 Å². The van der Waals surface area contributed by atoms with Crippen molar-refractivity contribution in [3.63, 3.8) is 0 Å². The summed E-state index contributed by atoms with van der Waals surface area (Å²) in [5.41, 5.74) is 0.853. The first-order valence-corrected chi connectivity index (χ1v) is 16.1. The Morgan fingerprint density at radius 2 is 1.27 bits per heavy atom. The van der Waals surface area contributed by atoms with Crippen LogP contribution in [0.25, 0.3) is 0 Å². The molecule has 1 saturated heterocycles. The van der Waals surface area contributed by atoms with E-state index in [1.807, 2.05) is 19.1 Å². The first-order chi connectivity index (χ1) is 23.1. The number of aliphatic carboxylic acids is 3. The van der Waals surface area contributed by atoms with E-state index in [-0.39, 0.29) is 52.4 Å². The minimum absolute atomic E-state index is 0.0548. The molecule has 1 fully saturated rings. The second-order valence-electron chi connectivity index (χ2n) is 11.2. The van der Waals surface area contributed by atoms with Crippen LogP contribution < -0.4 is 14.9 Å². The summed E-state index contributed by atoms with van der Waals surface area (Å²) >= 11 is 0. The van der Waals surface area contributed by atoms with E-state index in [1.165, 1.54) is 7.11 Å². The second kappa shape index (κ2) is 23.9. The molecule has 0 aliphatic carbocycles. The highest BCUT2D eigenvalue weighted by molar-refractivity contribution is 5.71. The molecule has 16 heteroatoms. The molecule has 0 unspecified atom stereocenters. The van der Waals surface area contributed by atoms with Gasteiger partial charge in [-0.25, -0.2) is 0 Å². The molecule has 0 spiro atoms. The van der Waals surface area contributed by atoms with Gasteiger partial charge in [-0.1, -0.05) is 12.1 Å². The summed E-state index contributed by atoms with van der Waals surface area (Å²) in [7, 11) is 1.27. The number of hydrogen-bond acceptors (Lipinski definition) is 15. The highest BCUT2D eigenvalue weighted by Crippen LogP contribution is 2.17. The smallest absolute Gasteiger partial charge is 0.319 e. The number of esters is 1. The molecule has 1 N–H and O–H groups in total. The fourth-order valence-corrected chi connectivity index (χ4v) is 5.19. The van der Waals surface area contributed by atoms with Gasteiger partial charge in [-0.3, -0.25) is 29.2 Å². The van der Waals surface area contributed by atoms with E-state index in [0.717, 1.165) is 5.56 Å². The summed E-state index contributed by atoms with van der Waals surface area (Å²) in [6.07, 6.45) is 0.355. The summed E-state index contributed by atoms with van der Waals surface area (Å²) in [5.74, 6) is -3.50. The van der Waals surface area contributed by atoms with Crippen molar-refractivity contribution in [2.24, 2.45) is 0 Å². The van der Waals surface area contributed by atoms with Gasteiger partial charge in [-0.05, 0) is 31.0 Å². The minimum Gasteiger partial charge on any atom is -0.549 e. The minimum atomic E-state index is -1.31. The fourth-order valence-electron chi connectivity index (χ4n) is 5.19. The molecule has 1 aromatic carbocycles. The number of carbonyl (C=O) groups excluding carboxylic acids is 3. The van der Waals surface area contributed by atoms with Crippen LogP contribution in [-0.4, -0.2) is 180 Å². The number of methoxy groups -OCH3 is 1. The van der Waals surface area contributed by atoms with E-state index in [0.29, 0.717) is 65.0 Å². The number of ether oxygens (including phenoxy) is 5. The van der Waals surface area contributed by atoms with Crippen LogP contribution in [0.4, 0.5) is 0 Å². The Morgan fingerprint density at radius 3 is 1.83 bits per heavy atom. The number of carboxylic acids is 3. The summed E-state index contributed by atoms with van der Waals surface area (Å²) in [4.78, 5) is 54.0. The Balaban J connectivity index is 2.14. The molecule has 272 valence electrons. The van der Waals surface area contributed by atoms with E-state index >= 15 is 0 Å². The fraction of sp³-hybridized carbons (Fsp3) is 0.688. The number of carboxylic acid groups (broad SMARTS) is 3. The second-order valence-corrected chi connectivity index (χ2v) is 11.2. The van der Waals surface area contributed by atoms with Crippen LogP contribution in [0.2, 0.25) is 0 Å². The van der Waals surface area contributed by atoms with Crippen molar-refractivity contribution >= 4 is 23.9 Å². The molecule has 48 heavy (non-hydrogen) atoms. The summed E-state index contributed by atoms with van der Waals surface area (Å²) < 4.78 is 26.7. The van der Waals surface area contributed by atoms with E-state index in [1.54, 1.807) is 31.7 Å². The van der Waals surface area contributed by atoms with Crippen molar-refractivity contribution in [3.05, 3.63) is 29.8 Å². The average Bonchev–Trinajstić information content (AvgIpc) is 3.03. The van der Waals surface area contributed by atoms with Crippen LogP contribution in [0.1, 0.15) is 12.5 Å². The monoisotopic (exact) mass is 682 g/mol. The van der Waals surface area contributed by atoms with Gasteiger partial charge in [-0.2, -0.15) is 0 Å². The van der Waals surface area contributed by atoms with Gasteiger partial charge in [0.15, 0.2) is 0 Å². The predicted octanol–water partition coefficient (Wildman–Crippen LogP) is -2.97. The highest BCUT2D eigenvalue weighted by Gasteiger charge is 2.26. The van der Waals surface area contributed by atoms with Gasteiger partial charge >= 0.3 is 11.9 Å². The molecule has 0 bridgehead atoms. The lowest BCUT2D eigenvalue weighted by atomic mass is 10.0. The van der Waals surface area contributed by atoms with E-state index in [2.05, 4.69) is 0 Å². The summed E-state index contributed by atoms with van der Waals surface area (Å²) in [5, 5.41) is 33.1. The average molecular weight is 683 g/mol. The van der Waals surface area contributed by atoms with E-state index < -0.39 is 43.0 Å². The zero-order valence-electron chi connectivity index (χ0n) is 28.0. The number of nitrogens with zero attached hydrogens (tertiary/aromatic N) is 4. The maximum Gasteiger partial charge on any atom is 0.319 e. The van der Waals surface area contributed by atoms with Crippen LogP contribution in [0.15, 0.2) is 24.3 Å². The highest BCUT2D eigenvalue weighted by atomic mass is 16.6. The normalized spacial score (nSPS) is 17.7. The SMILES string of the molecule is CCOCCOCCOCCOc1ccc(C[C@H]2CN(CC(=O)[O-])CCN(CC(=O)OC)CCN(CC(=O)O)CCN2CC(=O)[O-])cc1. The quantitative estimate of drug-likeness (QED) is 0.102. The van der Waals surface area contributed by atoms with Crippen LogP contribution >= 0.6 is 0 Å². The first kappa shape index (κ1) is 40.8. The molecule has 1 heterocycles. The lowest BCUT2D eigenvalue weighted by molar-refractivity contribution is -0.308. The maximum atomic E-state index is 12.1. The lowest BCUT2D eigenvalue weighted by Crippen LogP contribution is -2.55. The van der Waals surface area contributed by atoms with Crippen molar-refractivity contribution in [1.29, 1.82) is 0 Å². The zero-order valence-corrected chi connectivity index (χ0v) is 28.0. The summed E-state index contributed by atoms with van der Waals surface area (Å²) in [6, 6.07) is 6.81. The van der Waals surface area contributed by atoms with Gasteiger partial charge in [0.2, 0.25) is 0 Å². The van der Waals surface area contributed by atoms with Crippen LogP contribution in [-0.2, 0) is 44.5 Å². The Kier molecular flexibility index (Phi) is 20.3. The molecule has 1 aromatic rings. The largest absolute Gasteiger partial charge is 0.549 e. The molecule has 0 aromatic heterocycles. The Morgan fingerprint density at radius 1 is 0.729 bits per heavy atom. The Bertz CT molecular complexity index is 1090. The summed E-state index contributed by atoms with van der Waals surface area (Å²) in [6.45, 7) is 5.75. The number of rotatable bonds is 21. The molecule has 2 rings (SSSR count). The van der Waals surface area contributed by atoms with Crippen molar-refractivity contribution in [2.75, 3.05) is 125 Å². The standard InChI is InChI=1S/C32H52N4O12/c1-3-45-14-15-46-16-17-47-18-19-48-28-6-4-26(5-7-28)20-27-21-35(23-30(39)40)11-10-34(25-32(43)44-2)9-8-33(22-29(37)38)12-13-36(27)24-31(41)42/h4-7,27H,3,8-25H2,1-2H3,(H,37,38)(H,39,40)(H,41,42)/p-2/t27-/m0/s1. The van der Waals surface area contributed by atoms with E-state index in [4.69, 9.17) is 23.7 Å². The van der Waals surface area contributed by atoms with Crippen LogP contribution in [0.3, 0.4) is 0 Å². The number of hydrogen-bond donors (Lipinski definition) is 1. The molecule has 1 aliphatic heterocycles. The molecule has 0 radical (unpaired) electrons. The molecule has 1 atom stereocenters. The molecule has 1 aliphatic rings. The maximum absolute atomic E-state index is 12.1. The Labute approximate surface area is 282 Å². The molecular formula is C32H50N4O12-2. The van der Waals surface area contributed by atoms with Gasteiger partial charge in [0.05, 0.1) is 65.2 Å². The predicted molar refractivity (Wildman–Crippen MR) is 168 cm³/mol. The molecular weight excluding hydrogens is 632 g/mol. The first-order valence-electron chi connectivity index (χ1n) is 16.1. The van der Waals surface area contributed by atoms with Crippen molar-refractivity contribution in [1.82, 2.24) is 19.6 Å². The third kappa shape index (κ3) is 18.2. The Hall–Kier alpha value is -3.38. The van der Waals surface area contributed by atoms with Crippen molar-refractivity contribution in [3.8, 4) is 5.75 Å². The molecule has 0 amide bonds. The lowest BCUT2D eigenvalue weighted by Gasteiger charge is -2.39. The zero-order chi connectivity index (χ0) is 35.1. The number of benzene rings is 1. The van der Waals surface area contributed by atoms with E-state index in [9.17, 15) is 34.5 Å². The van der Waals surface area contributed by atoms with Crippen molar-refractivity contribution in [2.45, 2.75) is 19.4 Å². The van der Waals surface area contributed by atoms with Crippen LogP contribution in [0, 0.1) is 0 Å². The van der Waals surface area contributed by atoms with Crippen molar-refractivity contribution < 1.29 is 58.2 Å². The third-order valence-corrected chi connectivity index (χ3v) is 7.62. The topological polar surface area (TPSA) is 194 Å². The third-order valence-electron chi connectivity index (χ3n) is 7.62. The molecule has 0 saturated carbocycles. The molecule has 16 nitrogen and oxygen atoms in total. The number of carbonyl (C=O) groups is 4.